The fraction of sp³-hybridized carbons (Fsp3) is 0.333. The minimum atomic E-state index is -1.90. The van der Waals surface area contributed by atoms with Gasteiger partial charge in [-0.2, -0.15) is 0 Å². The van der Waals surface area contributed by atoms with E-state index in [1.54, 1.807) is 0 Å². The Morgan fingerprint density at radius 1 is 1.38 bits per heavy atom. The lowest BCUT2D eigenvalue weighted by Gasteiger charge is -2.11. The largest absolute Gasteiger partial charge is 0.491 e. The van der Waals surface area contributed by atoms with Gasteiger partial charge in [0.05, 0.1) is 11.6 Å². The number of ether oxygens (including phenoxy) is 2. The van der Waals surface area contributed by atoms with Gasteiger partial charge in [0.1, 0.15) is 6.61 Å². The van der Waals surface area contributed by atoms with E-state index >= 15 is 0 Å². The van der Waals surface area contributed by atoms with Crippen LogP contribution in [0.15, 0.2) is 12.1 Å². The summed E-state index contributed by atoms with van der Waals surface area (Å²) in [5, 5.41) is 17.8. The molecule has 0 radical (unpaired) electrons. The van der Waals surface area contributed by atoms with Crippen molar-refractivity contribution in [3.63, 3.8) is 0 Å². The second kappa shape index (κ2) is 6.05. The lowest BCUT2D eigenvalue weighted by Crippen LogP contribution is -2.33. The molecule has 0 bridgehead atoms. The molecule has 0 aliphatic carbocycles. The Bertz CT molecular complexity index is 362. The third-order valence-corrected chi connectivity index (χ3v) is 2.19. The topological polar surface area (TPSA) is 58.9 Å². The van der Waals surface area contributed by atoms with Crippen LogP contribution < -0.4 is 10.2 Å². The van der Waals surface area contributed by atoms with Crippen molar-refractivity contribution in [1.29, 1.82) is 0 Å². The Balaban J connectivity index is 2.92. The zero-order valence-corrected chi connectivity index (χ0v) is 9.37. The van der Waals surface area contributed by atoms with Crippen LogP contribution in [-0.4, -0.2) is 37.5 Å². The van der Waals surface area contributed by atoms with Crippen molar-refractivity contribution in [2.75, 3.05) is 20.3 Å². The molecule has 4 nitrogen and oxygen atoms in total. The van der Waals surface area contributed by atoms with E-state index in [9.17, 15) is 4.39 Å². The van der Waals surface area contributed by atoms with E-state index in [0.29, 0.717) is 0 Å². The highest BCUT2D eigenvalue weighted by Crippen LogP contribution is 2.26. The van der Waals surface area contributed by atoms with Gasteiger partial charge in [0.2, 0.25) is 0 Å². The van der Waals surface area contributed by atoms with Gasteiger partial charge in [0, 0.05) is 12.6 Å². The molecule has 0 heterocycles. The van der Waals surface area contributed by atoms with Gasteiger partial charge >= 0.3 is 7.12 Å². The van der Waals surface area contributed by atoms with Crippen LogP contribution in [0.2, 0.25) is 5.02 Å². The van der Waals surface area contributed by atoms with Gasteiger partial charge in [-0.15, -0.1) is 0 Å². The molecule has 0 fully saturated rings. The minimum Gasteiger partial charge on any atom is -0.487 e. The monoisotopic (exact) mass is 248 g/mol. The van der Waals surface area contributed by atoms with Crippen LogP contribution in [-0.2, 0) is 4.74 Å². The molecule has 2 N–H and O–H groups in total. The van der Waals surface area contributed by atoms with E-state index in [4.69, 9.17) is 31.1 Å². The maximum atomic E-state index is 13.6. The first-order chi connectivity index (χ1) is 7.57. The van der Waals surface area contributed by atoms with Gasteiger partial charge in [-0.1, -0.05) is 17.7 Å². The molecule has 0 aliphatic rings. The highest BCUT2D eigenvalue weighted by Gasteiger charge is 2.21. The fourth-order valence-electron chi connectivity index (χ4n) is 1.11. The second-order valence-corrected chi connectivity index (χ2v) is 3.40. The average molecular weight is 248 g/mol. The summed E-state index contributed by atoms with van der Waals surface area (Å²) in [7, 11) is -0.420. The Labute approximate surface area is 97.7 Å². The number of halogens is 2. The smallest absolute Gasteiger partial charge is 0.487 e. The number of rotatable bonds is 5. The van der Waals surface area contributed by atoms with Gasteiger partial charge in [0.15, 0.2) is 11.6 Å². The maximum Gasteiger partial charge on any atom is 0.491 e. The predicted molar refractivity (Wildman–Crippen MR) is 58.6 cm³/mol. The quantitative estimate of drug-likeness (QED) is 0.577. The van der Waals surface area contributed by atoms with Crippen LogP contribution in [0.5, 0.6) is 5.75 Å². The molecular formula is C9H11BClFO4. The Morgan fingerprint density at radius 3 is 2.62 bits per heavy atom. The van der Waals surface area contributed by atoms with E-state index in [-0.39, 0.29) is 29.4 Å². The lowest BCUT2D eigenvalue weighted by molar-refractivity contribution is 0.144. The molecule has 1 rings (SSSR count). The average Bonchev–Trinajstić information content (AvgIpc) is 2.22. The highest BCUT2D eigenvalue weighted by molar-refractivity contribution is 6.58. The number of methoxy groups -OCH3 is 1. The van der Waals surface area contributed by atoms with E-state index in [2.05, 4.69) is 0 Å². The van der Waals surface area contributed by atoms with Crippen molar-refractivity contribution in [2.24, 2.45) is 0 Å². The molecule has 0 aromatic heterocycles. The summed E-state index contributed by atoms with van der Waals surface area (Å²) in [6, 6.07) is 2.52. The molecule has 88 valence electrons. The summed E-state index contributed by atoms with van der Waals surface area (Å²) in [5.74, 6) is -1.08. The molecule has 0 unspecified atom stereocenters. The van der Waals surface area contributed by atoms with Gasteiger partial charge < -0.3 is 19.5 Å². The predicted octanol–water partition coefficient (Wildman–Crippen LogP) is 0.184. The van der Waals surface area contributed by atoms with Gasteiger partial charge in [-0.3, -0.25) is 0 Å². The van der Waals surface area contributed by atoms with Crippen molar-refractivity contribution >= 4 is 24.2 Å². The summed E-state index contributed by atoms with van der Waals surface area (Å²) in [6.45, 7) is 0.403. The molecule has 0 atom stereocenters. The number of benzene rings is 1. The maximum absolute atomic E-state index is 13.6. The van der Waals surface area contributed by atoms with Crippen LogP contribution >= 0.6 is 11.6 Å². The molecule has 0 saturated carbocycles. The molecule has 0 amide bonds. The van der Waals surface area contributed by atoms with Crippen LogP contribution in [0.1, 0.15) is 0 Å². The number of hydrogen-bond donors (Lipinski definition) is 2. The Kier molecular flexibility index (Phi) is 5.01. The molecule has 7 heteroatoms. The van der Waals surface area contributed by atoms with Crippen LogP contribution in [0.4, 0.5) is 4.39 Å². The van der Waals surface area contributed by atoms with Crippen LogP contribution in [0.25, 0.3) is 0 Å². The molecule has 0 saturated heterocycles. The summed E-state index contributed by atoms with van der Waals surface area (Å²) in [6.07, 6.45) is 0. The number of hydrogen-bond acceptors (Lipinski definition) is 4. The SMILES string of the molecule is COCCOc1c(Cl)ccc(B(O)O)c1F. The van der Waals surface area contributed by atoms with Gasteiger partial charge in [-0.25, -0.2) is 4.39 Å². The van der Waals surface area contributed by atoms with Crippen molar-refractivity contribution in [3.05, 3.63) is 23.0 Å². The summed E-state index contributed by atoms with van der Waals surface area (Å²) < 4.78 is 23.4. The van der Waals surface area contributed by atoms with E-state index in [0.717, 1.165) is 0 Å². The van der Waals surface area contributed by atoms with Crippen molar-refractivity contribution < 1.29 is 23.9 Å². The van der Waals surface area contributed by atoms with E-state index in [1.165, 1.54) is 19.2 Å². The standard InChI is InChI=1S/C9H11BClFO4/c1-15-4-5-16-9-7(11)3-2-6(8(9)12)10(13)14/h2-3,13-14H,4-5H2,1H3. The second-order valence-electron chi connectivity index (χ2n) is 2.99. The minimum absolute atomic E-state index is 0.0676. The van der Waals surface area contributed by atoms with E-state index < -0.39 is 12.9 Å². The summed E-state index contributed by atoms with van der Waals surface area (Å²) in [5.41, 5.74) is -0.281. The van der Waals surface area contributed by atoms with Gasteiger partial charge in [0.25, 0.3) is 0 Å². The third kappa shape index (κ3) is 3.09. The first-order valence-corrected chi connectivity index (χ1v) is 4.91. The first kappa shape index (κ1) is 13.3. The Morgan fingerprint density at radius 2 is 2.06 bits per heavy atom. The van der Waals surface area contributed by atoms with Gasteiger partial charge in [-0.05, 0) is 6.07 Å². The molecule has 0 aliphatic heterocycles. The van der Waals surface area contributed by atoms with Crippen molar-refractivity contribution in [1.82, 2.24) is 0 Å². The van der Waals surface area contributed by atoms with Crippen molar-refractivity contribution in [3.8, 4) is 5.75 Å². The lowest BCUT2D eigenvalue weighted by atomic mass is 9.80. The van der Waals surface area contributed by atoms with E-state index in [1.807, 2.05) is 0 Å². The highest BCUT2D eigenvalue weighted by atomic mass is 35.5. The van der Waals surface area contributed by atoms with Crippen LogP contribution in [0.3, 0.4) is 0 Å². The normalized spacial score (nSPS) is 10.3. The Hall–Kier alpha value is -0.815. The summed E-state index contributed by atoms with van der Waals surface area (Å²) >= 11 is 5.72. The third-order valence-electron chi connectivity index (χ3n) is 1.89. The molecule has 1 aromatic rings. The van der Waals surface area contributed by atoms with Crippen molar-refractivity contribution in [2.45, 2.75) is 0 Å². The molecular weight excluding hydrogens is 237 g/mol. The first-order valence-electron chi connectivity index (χ1n) is 4.53. The molecule has 0 spiro atoms. The van der Waals surface area contributed by atoms with Crippen LogP contribution in [0, 0.1) is 5.82 Å². The fourth-order valence-corrected chi connectivity index (χ4v) is 1.31. The molecule has 1 aromatic carbocycles. The summed E-state index contributed by atoms with van der Waals surface area (Å²) in [4.78, 5) is 0. The molecule has 16 heavy (non-hydrogen) atoms. The zero-order valence-electron chi connectivity index (χ0n) is 8.61. The zero-order chi connectivity index (χ0) is 12.1.